The molecule has 0 fully saturated rings. The van der Waals surface area contributed by atoms with Crippen molar-refractivity contribution in [2.45, 2.75) is 33.2 Å². The Balaban J connectivity index is 2.30. The smallest absolute Gasteiger partial charge is 0.0858 e. The average Bonchev–Trinajstić information content (AvgIpc) is 2.44. The first kappa shape index (κ1) is 13.9. The minimum Gasteiger partial charge on any atom is -0.366 e. The van der Waals surface area contributed by atoms with Gasteiger partial charge in [-0.25, -0.2) is 0 Å². The molecule has 2 heterocycles. The summed E-state index contributed by atoms with van der Waals surface area (Å²) in [5, 5.41) is 2.25. The van der Waals surface area contributed by atoms with E-state index in [0.717, 1.165) is 5.35 Å². The zero-order valence-corrected chi connectivity index (χ0v) is 13.4. The van der Waals surface area contributed by atoms with E-state index in [4.69, 9.17) is 0 Å². The summed E-state index contributed by atoms with van der Waals surface area (Å²) in [6.07, 6.45) is 6.32. The summed E-state index contributed by atoms with van der Waals surface area (Å²) in [4.78, 5) is 6.73. The molecule has 1 unspecified atom stereocenters. The van der Waals surface area contributed by atoms with E-state index < -0.39 is 0 Å². The quantitative estimate of drug-likeness (QED) is 0.796. The third-order valence-corrected chi connectivity index (χ3v) is 4.71. The molecule has 0 spiro atoms. The minimum atomic E-state index is -0.142. The van der Waals surface area contributed by atoms with Gasteiger partial charge in [-0.2, -0.15) is 0 Å². The molecule has 0 amide bonds. The van der Waals surface area contributed by atoms with E-state index in [-0.39, 0.29) is 5.54 Å². The third kappa shape index (κ3) is 2.15. The van der Waals surface area contributed by atoms with E-state index in [1.807, 2.05) is 12.3 Å². The lowest BCUT2D eigenvalue weighted by Crippen LogP contribution is -2.46. The van der Waals surface area contributed by atoms with Crippen LogP contribution in [0, 0.1) is 20.8 Å². The van der Waals surface area contributed by atoms with Gasteiger partial charge in [-0.05, 0) is 56.5 Å². The SMILES string of the molecule is Cc1cc(C)c(C)c(C2(C)C=c3cccnc3=CN2C)c1. The lowest BCUT2D eigenvalue weighted by Gasteiger charge is -2.39. The Morgan fingerprint density at radius 3 is 2.67 bits per heavy atom. The van der Waals surface area contributed by atoms with Crippen molar-refractivity contribution in [3.8, 4) is 0 Å². The van der Waals surface area contributed by atoms with Crippen molar-refractivity contribution in [1.29, 1.82) is 0 Å². The Morgan fingerprint density at radius 2 is 1.90 bits per heavy atom. The van der Waals surface area contributed by atoms with Crippen molar-refractivity contribution in [3.63, 3.8) is 0 Å². The summed E-state index contributed by atoms with van der Waals surface area (Å²) < 4.78 is 0. The molecule has 1 aromatic heterocycles. The lowest BCUT2D eigenvalue weighted by molar-refractivity contribution is 0.308. The number of rotatable bonds is 1. The predicted octanol–water partition coefficient (Wildman–Crippen LogP) is 2.39. The summed E-state index contributed by atoms with van der Waals surface area (Å²) >= 11 is 0. The molecular weight excluding hydrogens is 256 g/mol. The fraction of sp³-hybridized carbons (Fsp3) is 0.316. The first-order valence-electron chi connectivity index (χ1n) is 7.39. The van der Waals surface area contributed by atoms with Crippen LogP contribution in [0.1, 0.15) is 29.2 Å². The zero-order valence-electron chi connectivity index (χ0n) is 13.4. The first-order valence-corrected chi connectivity index (χ1v) is 7.39. The van der Waals surface area contributed by atoms with Crippen molar-refractivity contribution in [2.75, 3.05) is 7.05 Å². The Morgan fingerprint density at radius 1 is 1.14 bits per heavy atom. The van der Waals surface area contributed by atoms with Crippen LogP contribution in [-0.4, -0.2) is 16.9 Å². The van der Waals surface area contributed by atoms with Crippen LogP contribution < -0.4 is 10.6 Å². The second-order valence-corrected chi connectivity index (χ2v) is 6.26. The van der Waals surface area contributed by atoms with E-state index in [0.29, 0.717) is 0 Å². The van der Waals surface area contributed by atoms with Gasteiger partial charge >= 0.3 is 0 Å². The van der Waals surface area contributed by atoms with Crippen molar-refractivity contribution < 1.29 is 0 Å². The third-order valence-electron chi connectivity index (χ3n) is 4.71. The van der Waals surface area contributed by atoms with Crippen molar-refractivity contribution >= 4 is 12.3 Å². The number of hydrogen-bond acceptors (Lipinski definition) is 2. The Hall–Kier alpha value is -2.09. The van der Waals surface area contributed by atoms with E-state index in [9.17, 15) is 0 Å². The van der Waals surface area contributed by atoms with Crippen LogP contribution >= 0.6 is 0 Å². The van der Waals surface area contributed by atoms with Crippen molar-refractivity contribution in [3.05, 3.63) is 63.3 Å². The summed E-state index contributed by atoms with van der Waals surface area (Å²) in [5.74, 6) is 0. The number of aromatic nitrogens is 1. The summed E-state index contributed by atoms with van der Waals surface area (Å²) in [6.45, 7) is 8.86. The second-order valence-electron chi connectivity index (χ2n) is 6.26. The van der Waals surface area contributed by atoms with Crippen LogP contribution in [0.4, 0.5) is 0 Å². The molecule has 21 heavy (non-hydrogen) atoms. The topological polar surface area (TPSA) is 16.1 Å². The molecule has 1 aromatic carbocycles. The van der Waals surface area contributed by atoms with E-state index in [1.54, 1.807) is 0 Å². The molecule has 108 valence electrons. The van der Waals surface area contributed by atoms with Gasteiger partial charge in [-0.3, -0.25) is 4.98 Å². The van der Waals surface area contributed by atoms with Gasteiger partial charge in [0.05, 0.1) is 10.9 Å². The van der Waals surface area contributed by atoms with Gasteiger partial charge in [0.15, 0.2) is 0 Å². The van der Waals surface area contributed by atoms with Gasteiger partial charge in [0.2, 0.25) is 0 Å². The average molecular weight is 278 g/mol. The molecule has 2 aromatic rings. The van der Waals surface area contributed by atoms with Crippen molar-refractivity contribution in [1.82, 2.24) is 9.88 Å². The number of aryl methyl sites for hydroxylation is 2. The van der Waals surface area contributed by atoms with Crippen LogP contribution in [0.5, 0.6) is 0 Å². The Bertz CT molecular complexity index is 820. The van der Waals surface area contributed by atoms with Crippen LogP contribution in [0.3, 0.4) is 0 Å². The van der Waals surface area contributed by atoms with Gasteiger partial charge in [-0.1, -0.05) is 23.8 Å². The number of fused-ring (bicyclic) bond motifs is 1. The molecule has 0 N–H and O–H groups in total. The molecule has 0 saturated carbocycles. The van der Waals surface area contributed by atoms with Gasteiger partial charge in [0.1, 0.15) is 0 Å². The minimum absolute atomic E-state index is 0.142. The number of hydrogen-bond donors (Lipinski definition) is 0. The highest BCUT2D eigenvalue weighted by Gasteiger charge is 2.31. The van der Waals surface area contributed by atoms with Crippen LogP contribution in [-0.2, 0) is 5.54 Å². The highest BCUT2D eigenvalue weighted by atomic mass is 15.2. The molecule has 1 aliphatic rings. The zero-order chi connectivity index (χ0) is 15.2. The maximum Gasteiger partial charge on any atom is 0.0858 e. The molecule has 1 aliphatic heterocycles. The van der Waals surface area contributed by atoms with Crippen LogP contribution in [0.2, 0.25) is 0 Å². The van der Waals surface area contributed by atoms with Crippen molar-refractivity contribution in [2.24, 2.45) is 0 Å². The highest BCUT2D eigenvalue weighted by Crippen LogP contribution is 2.34. The molecule has 2 nitrogen and oxygen atoms in total. The van der Waals surface area contributed by atoms with Gasteiger partial charge < -0.3 is 4.90 Å². The summed E-state index contributed by atoms with van der Waals surface area (Å²) in [5.41, 5.74) is 5.26. The monoisotopic (exact) mass is 278 g/mol. The maximum atomic E-state index is 4.46. The number of benzene rings is 1. The van der Waals surface area contributed by atoms with Gasteiger partial charge in [-0.15, -0.1) is 0 Å². The fourth-order valence-corrected chi connectivity index (χ4v) is 3.22. The first-order chi connectivity index (χ1) is 9.91. The summed E-state index contributed by atoms with van der Waals surface area (Å²) in [6, 6.07) is 8.71. The van der Waals surface area contributed by atoms with Gasteiger partial charge in [0.25, 0.3) is 0 Å². The van der Waals surface area contributed by atoms with Crippen LogP contribution in [0.25, 0.3) is 12.3 Å². The predicted molar refractivity (Wildman–Crippen MR) is 88.2 cm³/mol. The van der Waals surface area contributed by atoms with E-state index >= 15 is 0 Å². The van der Waals surface area contributed by atoms with Crippen LogP contribution in [0.15, 0.2) is 30.5 Å². The maximum absolute atomic E-state index is 4.46. The molecule has 1 atom stereocenters. The molecular formula is C19H22N2. The number of nitrogens with zero attached hydrogens (tertiary/aromatic N) is 2. The largest absolute Gasteiger partial charge is 0.366 e. The lowest BCUT2D eigenvalue weighted by atomic mass is 9.83. The molecule has 0 bridgehead atoms. The molecule has 2 heteroatoms. The highest BCUT2D eigenvalue weighted by molar-refractivity contribution is 5.55. The number of pyridine rings is 1. The molecule has 0 radical (unpaired) electrons. The second kappa shape index (κ2) is 4.73. The normalized spacial score (nSPS) is 20.5. The van der Waals surface area contributed by atoms with E-state index in [2.05, 4.69) is 75.1 Å². The molecule has 0 saturated heterocycles. The molecule has 0 aliphatic carbocycles. The fourth-order valence-electron chi connectivity index (χ4n) is 3.22. The Labute approximate surface area is 126 Å². The molecule has 3 rings (SSSR count). The van der Waals surface area contributed by atoms with E-state index in [1.165, 1.54) is 27.5 Å². The summed E-state index contributed by atoms with van der Waals surface area (Å²) in [7, 11) is 2.13. The standard InChI is InChI=1S/C19H22N2/c1-13-9-14(2)15(3)17(10-13)19(4)11-16-7-6-8-20-18(16)12-21(19)5/h6-12H,1-5H3. The Kier molecular flexibility index (Phi) is 3.12. The van der Waals surface area contributed by atoms with Gasteiger partial charge in [0, 0.05) is 24.7 Å².